The zero-order chi connectivity index (χ0) is 15.3. The smallest absolute Gasteiger partial charge is 0.244 e. The van der Waals surface area contributed by atoms with Gasteiger partial charge in [0.1, 0.15) is 10.6 Å². The Labute approximate surface area is 126 Å². The van der Waals surface area contributed by atoms with Crippen LogP contribution in [0.15, 0.2) is 29.2 Å². The lowest BCUT2D eigenvalue weighted by Gasteiger charge is -2.19. The van der Waals surface area contributed by atoms with Crippen LogP contribution in [0.5, 0.6) is 5.75 Å². The second kappa shape index (κ2) is 7.24. The Morgan fingerprint density at radius 2 is 2.00 bits per heavy atom. The Hall–Kier alpha value is -1.11. The van der Waals surface area contributed by atoms with Crippen LogP contribution < -0.4 is 15.2 Å². The van der Waals surface area contributed by atoms with Crippen molar-refractivity contribution in [1.82, 2.24) is 4.72 Å². The third-order valence-corrected chi connectivity index (χ3v) is 5.63. The van der Waals surface area contributed by atoms with E-state index in [1.807, 2.05) is 0 Å². The zero-order valence-corrected chi connectivity index (χ0v) is 13.2. The SMILES string of the molecule is CCNS(=O)(=O)c1ccccc1OCC1CCCC1CN. The molecule has 0 aliphatic heterocycles. The van der Waals surface area contributed by atoms with Crippen LogP contribution in [0.2, 0.25) is 0 Å². The van der Waals surface area contributed by atoms with E-state index in [0.29, 0.717) is 37.3 Å². The van der Waals surface area contributed by atoms with E-state index in [1.54, 1.807) is 31.2 Å². The summed E-state index contributed by atoms with van der Waals surface area (Å²) < 4.78 is 32.6. The first kappa shape index (κ1) is 16.3. The molecule has 2 rings (SSSR count). The Bertz CT molecular complexity index is 560. The van der Waals surface area contributed by atoms with Crippen molar-refractivity contribution in [1.29, 1.82) is 0 Å². The van der Waals surface area contributed by atoms with E-state index in [4.69, 9.17) is 10.5 Å². The number of para-hydroxylation sites is 1. The first-order valence-electron chi connectivity index (χ1n) is 7.50. The average molecular weight is 312 g/mol. The highest BCUT2D eigenvalue weighted by molar-refractivity contribution is 7.89. The Morgan fingerprint density at radius 1 is 1.29 bits per heavy atom. The molecule has 0 amide bonds. The summed E-state index contributed by atoms with van der Waals surface area (Å²) in [7, 11) is -3.51. The van der Waals surface area contributed by atoms with Crippen LogP contribution in [0.4, 0.5) is 0 Å². The van der Waals surface area contributed by atoms with E-state index in [0.717, 1.165) is 12.8 Å². The van der Waals surface area contributed by atoms with Crippen molar-refractivity contribution in [3.63, 3.8) is 0 Å². The molecule has 0 heterocycles. The van der Waals surface area contributed by atoms with Crippen LogP contribution in [0.25, 0.3) is 0 Å². The fourth-order valence-corrected chi connectivity index (χ4v) is 4.08. The highest BCUT2D eigenvalue weighted by Crippen LogP contribution is 2.32. The molecule has 5 nitrogen and oxygen atoms in total. The van der Waals surface area contributed by atoms with Gasteiger partial charge in [-0.2, -0.15) is 0 Å². The van der Waals surface area contributed by atoms with Crippen LogP contribution in [0, 0.1) is 11.8 Å². The molecule has 1 aromatic carbocycles. The molecule has 0 spiro atoms. The number of rotatable bonds is 7. The second-order valence-electron chi connectivity index (χ2n) is 5.45. The number of ether oxygens (including phenoxy) is 1. The molecule has 1 aromatic rings. The number of hydrogen-bond donors (Lipinski definition) is 2. The maximum atomic E-state index is 12.2. The molecule has 0 saturated heterocycles. The van der Waals surface area contributed by atoms with Crippen LogP contribution in [-0.2, 0) is 10.0 Å². The van der Waals surface area contributed by atoms with Crippen molar-refractivity contribution in [2.45, 2.75) is 31.1 Å². The fraction of sp³-hybridized carbons (Fsp3) is 0.600. The summed E-state index contributed by atoms with van der Waals surface area (Å²) in [6.07, 6.45) is 3.42. The largest absolute Gasteiger partial charge is 0.492 e. The fourth-order valence-electron chi connectivity index (χ4n) is 2.90. The van der Waals surface area contributed by atoms with Crippen molar-refractivity contribution in [2.75, 3.05) is 19.7 Å². The third-order valence-electron chi connectivity index (χ3n) is 4.05. The van der Waals surface area contributed by atoms with Crippen molar-refractivity contribution in [3.8, 4) is 5.75 Å². The summed E-state index contributed by atoms with van der Waals surface area (Å²) in [6.45, 7) is 3.31. The molecule has 0 aromatic heterocycles. The van der Waals surface area contributed by atoms with Gasteiger partial charge in [0.05, 0.1) is 6.61 Å². The van der Waals surface area contributed by atoms with Gasteiger partial charge in [0.15, 0.2) is 0 Å². The summed E-state index contributed by atoms with van der Waals surface area (Å²) in [5.74, 6) is 1.33. The molecule has 118 valence electrons. The summed E-state index contributed by atoms with van der Waals surface area (Å²) in [5.41, 5.74) is 5.77. The lowest BCUT2D eigenvalue weighted by molar-refractivity contribution is 0.212. The molecule has 1 aliphatic rings. The molecule has 1 fully saturated rings. The minimum Gasteiger partial charge on any atom is -0.492 e. The summed E-state index contributed by atoms with van der Waals surface area (Å²) in [5, 5.41) is 0. The van der Waals surface area contributed by atoms with Crippen molar-refractivity contribution < 1.29 is 13.2 Å². The molecule has 0 radical (unpaired) electrons. The monoisotopic (exact) mass is 312 g/mol. The van der Waals surface area contributed by atoms with Gasteiger partial charge in [-0.1, -0.05) is 25.5 Å². The standard InChI is InChI=1S/C15H24N2O3S/c1-2-17-21(18,19)15-9-4-3-8-14(15)20-11-13-7-5-6-12(13)10-16/h3-4,8-9,12-13,17H,2,5-7,10-11,16H2,1H3. The van der Waals surface area contributed by atoms with Crippen molar-refractivity contribution in [2.24, 2.45) is 17.6 Å². The summed E-state index contributed by atoms with van der Waals surface area (Å²) in [6, 6.07) is 6.77. The van der Waals surface area contributed by atoms with Gasteiger partial charge < -0.3 is 10.5 Å². The Balaban J connectivity index is 2.10. The number of nitrogens with two attached hydrogens (primary N) is 1. The van der Waals surface area contributed by atoms with Gasteiger partial charge in [-0.3, -0.25) is 0 Å². The van der Waals surface area contributed by atoms with Gasteiger partial charge in [-0.25, -0.2) is 13.1 Å². The topological polar surface area (TPSA) is 81.4 Å². The van der Waals surface area contributed by atoms with E-state index in [-0.39, 0.29) is 4.90 Å². The maximum Gasteiger partial charge on any atom is 0.244 e. The predicted molar refractivity (Wildman–Crippen MR) is 82.7 cm³/mol. The van der Waals surface area contributed by atoms with E-state index in [2.05, 4.69) is 4.72 Å². The maximum absolute atomic E-state index is 12.2. The van der Waals surface area contributed by atoms with Gasteiger partial charge >= 0.3 is 0 Å². The minimum atomic E-state index is -3.51. The summed E-state index contributed by atoms with van der Waals surface area (Å²) >= 11 is 0. The van der Waals surface area contributed by atoms with Gasteiger partial charge in [0, 0.05) is 6.54 Å². The van der Waals surface area contributed by atoms with Crippen LogP contribution in [0.1, 0.15) is 26.2 Å². The average Bonchev–Trinajstić information content (AvgIpc) is 2.93. The highest BCUT2D eigenvalue weighted by Gasteiger charge is 2.27. The normalized spacial score (nSPS) is 22.4. The Kier molecular flexibility index (Phi) is 5.61. The number of benzene rings is 1. The van der Waals surface area contributed by atoms with Crippen molar-refractivity contribution in [3.05, 3.63) is 24.3 Å². The lowest BCUT2D eigenvalue weighted by Crippen LogP contribution is -2.25. The van der Waals surface area contributed by atoms with Gasteiger partial charge in [-0.05, 0) is 43.4 Å². The first-order valence-corrected chi connectivity index (χ1v) is 8.98. The molecular formula is C15H24N2O3S. The van der Waals surface area contributed by atoms with E-state index < -0.39 is 10.0 Å². The molecule has 2 unspecified atom stereocenters. The summed E-state index contributed by atoms with van der Waals surface area (Å²) in [4.78, 5) is 0.203. The highest BCUT2D eigenvalue weighted by atomic mass is 32.2. The van der Waals surface area contributed by atoms with Gasteiger partial charge in [0.25, 0.3) is 0 Å². The molecular weight excluding hydrogens is 288 g/mol. The minimum absolute atomic E-state index is 0.203. The van der Waals surface area contributed by atoms with Gasteiger partial charge in [0.2, 0.25) is 10.0 Å². The third kappa shape index (κ3) is 3.96. The predicted octanol–water partition coefficient (Wildman–Crippen LogP) is 1.74. The lowest BCUT2D eigenvalue weighted by atomic mass is 9.97. The number of hydrogen-bond acceptors (Lipinski definition) is 4. The first-order chi connectivity index (χ1) is 10.1. The van der Waals surface area contributed by atoms with Crippen molar-refractivity contribution >= 4 is 10.0 Å². The van der Waals surface area contributed by atoms with Crippen LogP contribution >= 0.6 is 0 Å². The number of nitrogens with one attached hydrogen (secondary N) is 1. The number of sulfonamides is 1. The molecule has 2 atom stereocenters. The molecule has 1 saturated carbocycles. The second-order valence-corrected chi connectivity index (χ2v) is 7.18. The Morgan fingerprint density at radius 3 is 2.71 bits per heavy atom. The molecule has 21 heavy (non-hydrogen) atoms. The van der Waals surface area contributed by atoms with E-state index >= 15 is 0 Å². The quantitative estimate of drug-likeness (QED) is 0.803. The molecule has 3 N–H and O–H groups in total. The molecule has 1 aliphatic carbocycles. The van der Waals surface area contributed by atoms with Crippen LogP contribution in [0.3, 0.4) is 0 Å². The van der Waals surface area contributed by atoms with Gasteiger partial charge in [-0.15, -0.1) is 0 Å². The molecule has 0 bridgehead atoms. The zero-order valence-electron chi connectivity index (χ0n) is 12.4. The van der Waals surface area contributed by atoms with Crippen LogP contribution in [-0.4, -0.2) is 28.1 Å². The molecule has 6 heteroatoms. The van der Waals surface area contributed by atoms with E-state index in [1.165, 1.54) is 6.42 Å². The van der Waals surface area contributed by atoms with E-state index in [9.17, 15) is 8.42 Å².